The van der Waals surface area contributed by atoms with Gasteiger partial charge in [-0.25, -0.2) is 9.07 Å². The highest BCUT2D eigenvalue weighted by atomic mass is 19.1. The van der Waals surface area contributed by atoms with E-state index in [4.69, 9.17) is 14.9 Å². The second-order valence-corrected chi connectivity index (χ2v) is 5.61. The quantitative estimate of drug-likeness (QED) is 0.554. The van der Waals surface area contributed by atoms with Crippen molar-refractivity contribution in [1.82, 2.24) is 14.8 Å². The molecule has 0 saturated heterocycles. The van der Waals surface area contributed by atoms with Crippen LogP contribution in [-0.4, -0.2) is 14.8 Å². The van der Waals surface area contributed by atoms with E-state index < -0.39 is 0 Å². The lowest BCUT2D eigenvalue weighted by atomic mass is 10.2. The predicted octanol–water partition coefficient (Wildman–Crippen LogP) is 3.83. The Balaban J connectivity index is 1.64. The maximum Gasteiger partial charge on any atom is 0.336 e. The minimum atomic E-state index is -0.292. The number of anilines is 1. The van der Waals surface area contributed by atoms with Gasteiger partial charge in [0.15, 0.2) is 5.76 Å². The van der Waals surface area contributed by atoms with Gasteiger partial charge in [0, 0.05) is 5.69 Å². The van der Waals surface area contributed by atoms with Crippen LogP contribution in [0.4, 0.5) is 10.1 Å². The van der Waals surface area contributed by atoms with E-state index in [0.717, 1.165) is 11.3 Å². The molecule has 7 heteroatoms. The van der Waals surface area contributed by atoms with E-state index in [1.165, 1.54) is 12.1 Å². The molecule has 26 heavy (non-hydrogen) atoms. The Labute approximate surface area is 148 Å². The summed E-state index contributed by atoms with van der Waals surface area (Å²) in [6, 6.07) is 17.1. The summed E-state index contributed by atoms with van der Waals surface area (Å²) in [7, 11) is 0. The van der Waals surface area contributed by atoms with Gasteiger partial charge in [0.2, 0.25) is 5.82 Å². The van der Waals surface area contributed by atoms with Crippen LogP contribution in [0.15, 0.2) is 71.3 Å². The second-order valence-electron chi connectivity index (χ2n) is 5.61. The second kappa shape index (κ2) is 6.72. The summed E-state index contributed by atoms with van der Waals surface area (Å²) in [6.45, 7) is 0.226. The van der Waals surface area contributed by atoms with Crippen molar-refractivity contribution in [2.75, 3.05) is 5.73 Å². The maximum absolute atomic E-state index is 13.0. The van der Waals surface area contributed by atoms with Gasteiger partial charge >= 0.3 is 6.01 Å². The molecule has 0 spiro atoms. The van der Waals surface area contributed by atoms with E-state index in [1.807, 2.05) is 12.1 Å². The van der Waals surface area contributed by atoms with Crippen molar-refractivity contribution in [3.8, 4) is 23.3 Å². The molecular weight excluding hydrogens is 335 g/mol. The molecule has 0 fully saturated rings. The maximum atomic E-state index is 13.0. The van der Waals surface area contributed by atoms with Gasteiger partial charge < -0.3 is 14.9 Å². The zero-order valence-corrected chi connectivity index (χ0v) is 13.7. The first kappa shape index (κ1) is 15.9. The van der Waals surface area contributed by atoms with Crippen LogP contribution < -0.4 is 10.5 Å². The fourth-order valence-corrected chi connectivity index (χ4v) is 2.44. The zero-order valence-electron chi connectivity index (χ0n) is 13.7. The number of nitrogen functional groups attached to an aromatic ring is 1. The standard InChI is InChI=1S/C19H15FN4O2/c20-14-5-3-13(4-6-14)12-26-19-22-18(17-2-1-11-25-17)24(23-19)16-9-7-15(21)8-10-16/h1-11H,12,21H2. The Kier molecular flexibility index (Phi) is 4.10. The fraction of sp³-hybridized carbons (Fsp3) is 0.0526. The molecule has 4 aromatic rings. The molecule has 2 aromatic heterocycles. The average molecular weight is 350 g/mol. The lowest BCUT2D eigenvalue weighted by Crippen LogP contribution is -2.00. The SMILES string of the molecule is Nc1ccc(-n2nc(OCc3ccc(F)cc3)nc2-c2ccco2)cc1. The van der Waals surface area contributed by atoms with Crippen molar-refractivity contribution in [1.29, 1.82) is 0 Å². The highest BCUT2D eigenvalue weighted by Crippen LogP contribution is 2.24. The summed E-state index contributed by atoms with van der Waals surface area (Å²) in [5, 5.41) is 4.41. The largest absolute Gasteiger partial charge is 0.461 e. The predicted molar refractivity (Wildman–Crippen MR) is 94.2 cm³/mol. The number of halogens is 1. The molecule has 0 aliphatic carbocycles. The number of furan rings is 1. The number of nitrogens with zero attached hydrogens (tertiary/aromatic N) is 3. The number of rotatable bonds is 5. The van der Waals surface area contributed by atoms with Gasteiger partial charge in [-0.05, 0) is 54.1 Å². The van der Waals surface area contributed by atoms with E-state index in [0.29, 0.717) is 17.3 Å². The molecule has 0 aliphatic rings. The molecule has 0 radical (unpaired) electrons. The topological polar surface area (TPSA) is 79.1 Å². The lowest BCUT2D eigenvalue weighted by Gasteiger charge is -2.04. The number of aromatic nitrogens is 3. The molecule has 6 nitrogen and oxygen atoms in total. The summed E-state index contributed by atoms with van der Waals surface area (Å²) in [5.41, 5.74) is 7.99. The van der Waals surface area contributed by atoms with Gasteiger partial charge in [0.1, 0.15) is 12.4 Å². The number of nitrogens with two attached hydrogens (primary N) is 1. The molecule has 0 saturated carbocycles. The normalized spacial score (nSPS) is 10.8. The van der Waals surface area contributed by atoms with Crippen molar-refractivity contribution >= 4 is 5.69 Å². The van der Waals surface area contributed by atoms with Gasteiger partial charge in [-0.15, -0.1) is 5.10 Å². The Morgan fingerprint density at radius 3 is 2.50 bits per heavy atom. The molecule has 2 aromatic carbocycles. The van der Waals surface area contributed by atoms with Gasteiger partial charge in [-0.1, -0.05) is 12.1 Å². The minimum Gasteiger partial charge on any atom is -0.461 e. The van der Waals surface area contributed by atoms with Crippen LogP contribution in [0.25, 0.3) is 17.3 Å². The first-order chi connectivity index (χ1) is 12.7. The number of benzene rings is 2. The highest BCUT2D eigenvalue weighted by molar-refractivity contribution is 5.53. The third kappa shape index (κ3) is 3.27. The molecule has 2 N–H and O–H groups in total. The van der Waals surface area contributed by atoms with Crippen molar-refractivity contribution in [3.63, 3.8) is 0 Å². The van der Waals surface area contributed by atoms with E-state index in [2.05, 4.69) is 10.1 Å². The van der Waals surface area contributed by atoms with Crippen LogP contribution in [0, 0.1) is 5.82 Å². The van der Waals surface area contributed by atoms with Crippen LogP contribution in [0.3, 0.4) is 0 Å². The van der Waals surface area contributed by atoms with Crippen molar-refractivity contribution in [2.45, 2.75) is 6.61 Å². The number of hydrogen-bond acceptors (Lipinski definition) is 5. The van der Waals surface area contributed by atoms with Crippen molar-refractivity contribution in [3.05, 3.63) is 78.3 Å². The highest BCUT2D eigenvalue weighted by Gasteiger charge is 2.16. The van der Waals surface area contributed by atoms with Gasteiger partial charge in [0.05, 0.1) is 12.0 Å². The summed E-state index contributed by atoms with van der Waals surface area (Å²) in [6.07, 6.45) is 1.57. The molecule has 0 aliphatic heterocycles. The third-order valence-electron chi connectivity index (χ3n) is 3.75. The van der Waals surface area contributed by atoms with Crippen LogP contribution in [0.1, 0.15) is 5.56 Å². The molecule has 0 amide bonds. The van der Waals surface area contributed by atoms with Crippen LogP contribution in [-0.2, 0) is 6.61 Å². The summed E-state index contributed by atoms with van der Waals surface area (Å²) >= 11 is 0. The van der Waals surface area contributed by atoms with E-state index in [1.54, 1.807) is 47.3 Å². The monoisotopic (exact) mass is 350 g/mol. The average Bonchev–Trinajstić information content (AvgIpc) is 3.31. The molecule has 130 valence electrons. The minimum absolute atomic E-state index is 0.192. The van der Waals surface area contributed by atoms with Gasteiger partial charge in [-0.2, -0.15) is 4.98 Å². The molecule has 0 bridgehead atoms. The van der Waals surface area contributed by atoms with Crippen LogP contribution >= 0.6 is 0 Å². The van der Waals surface area contributed by atoms with Crippen LogP contribution in [0.5, 0.6) is 6.01 Å². The zero-order chi connectivity index (χ0) is 17.9. The molecule has 0 atom stereocenters. The Bertz CT molecular complexity index is 993. The fourth-order valence-electron chi connectivity index (χ4n) is 2.44. The Hall–Kier alpha value is -3.61. The van der Waals surface area contributed by atoms with Crippen LogP contribution in [0.2, 0.25) is 0 Å². The first-order valence-electron chi connectivity index (χ1n) is 7.93. The Morgan fingerprint density at radius 1 is 1.04 bits per heavy atom. The summed E-state index contributed by atoms with van der Waals surface area (Å²) in [4.78, 5) is 4.41. The molecule has 4 rings (SSSR count). The molecule has 0 unspecified atom stereocenters. The smallest absolute Gasteiger partial charge is 0.336 e. The Morgan fingerprint density at radius 2 is 1.81 bits per heavy atom. The van der Waals surface area contributed by atoms with Crippen molar-refractivity contribution in [2.24, 2.45) is 0 Å². The lowest BCUT2D eigenvalue weighted by molar-refractivity contribution is 0.281. The van der Waals surface area contributed by atoms with Gasteiger partial charge in [0.25, 0.3) is 0 Å². The van der Waals surface area contributed by atoms with Gasteiger partial charge in [-0.3, -0.25) is 0 Å². The summed E-state index contributed by atoms with van der Waals surface area (Å²) < 4.78 is 25.7. The molecule has 2 heterocycles. The third-order valence-corrected chi connectivity index (χ3v) is 3.75. The summed E-state index contributed by atoms with van der Waals surface area (Å²) in [5.74, 6) is 0.777. The van der Waals surface area contributed by atoms with E-state index >= 15 is 0 Å². The van der Waals surface area contributed by atoms with Crippen molar-refractivity contribution < 1.29 is 13.5 Å². The number of hydrogen-bond donors (Lipinski definition) is 1. The number of ether oxygens (including phenoxy) is 1. The first-order valence-corrected chi connectivity index (χ1v) is 7.93. The van der Waals surface area contributed by atoms with E-state index in [9.17, 15) is 4.39 Å². The molecular formula is C19H15FN4O2. The van der Waals surface area contributed by atoms with E-state index in [-0.39, 0.29) is 18.4 Å².